The minimum absolute atomic E-state index is 0.0459. The van der Waals surface area contributed by atoms with E-state index in [9.17, 15) is 19.2 Å². The van der Waals surface area contributed by atoms with Crippen molar-refractivity contribution in [1.29, 1.82) is 5.26 Å². The van der Waals surface area contributed by atoms with E-state index in [4.69, 9.17) is 9.47 Å². The topological polar surface area (TPSA) is 87.8 Å². The molecule has 0 aliphatic carbocycles. The Balaban J connectivity index is 1.19. The molecule has 8 nitrogen and oxygen atoms in total. The summed E-state index contributed by atoms with van der Waals surface area (Å²) in [6, 6.07) is 25.3. The van der Waals surface area contributed by atoms with Gasteiger partial charge in [0.25, 0.3) is 11.5 Å². The van der Waals surface area contributed by atoms with Crippen LogP contribution in [0.25, 0.3) is 10.9 Å². The minimum Gasteiger partial charge on any atom is -0.458 e. The molecule has 3 aromatic carbocycles. The van der Waals surface area contributed by atoms with Crippen molar-refractivity contribution in [2.75, 3.05) is 31.1 Å². The molecule has 1 amide bonds. The maximum Gasteiger partial charge on any atom is 0.292 e. The molecule has 0 radical (unpaired) electrons. The van der Waals surface area contributed by atoms with Crippen molar-refractivity contribution in [1.82, 2.24) is 9.47 Å². The number of anilines is 1. The van der Waals surface area contributed by atoms with Crippen LogP contribution in [-0.4, -0.2) is 47.8 Å². The van der Waals surface area contributed by atoms with Crippen molar-refractivity contribution in [2.24, 2.45) is 0 Å². The highest BCUT2D eigenvalue weighted by molar-refractivity contribution is 5.95. The third kappa shape index (κ3) is 5.24. The standard InChI is InChI=1S/C32H27FN4O4/c33-24-12-10-23(11-13-24)20-37-27-9-5-4-8-25(27)30(26(19-34)31(37)38)35-14-16-36(17-15-35)32(39)28-21-40-29(41-28)18-22-6-2-1-3-7-22/h1-13,21,29H,14-18,20H2. The van der Waals surface area contributed by atoms with Gasteiger partial charge in [0.1, 0.15) is 23.7 Å². The predicted octanol–water partition coefficient (Wildman–Crippen LogP) is 4.17. The lowest BCUT2D eigenvalue weighted by molar-refractivity contribution is -0.133. The third-order valence-corrected chi connectivity index (χ3v) is 7.44. The molecule has 1 saturated heterocycles. The van der Waals surface area contributed by atoms with E-state index in [0.717, 1.165) is 16.5 Å². The Hall–Kier alpha value is -5.10. The van der Waals surface area contributed by atoms with Crippen molar-refractivity contribution in [3.05, 3.63) is 124 Å². The summed E-state index contributed by atoms with van der Waals surface area (Å²) in [6.45, 7) is 1.86. The molecular formula is C32H27FN4O4. The van der Waals surface area contributed by atoms with E-state index < -0.39 is 11.8 Å². The molecule has 41 heavy (non-hydrogen) atoms. The molecule has 1 aromatic heterocycles. The molecule has 2 aliphatic rings. The number of ether oxygens (including phenoxy) is 2. The van der Waals surface area contributed by atoms with E-state index in [1.165, 1.54) is 18.4 Å². The zero-order valence-corrected chi connectivity index (χ0v) is 22.2. The number of nitriles is 1. The van der Waals surface area contributed by atoms with Gasteiger partial charge in [0, 0.05) is 38.0 Å². The van der Waals surface area contributed by atoms with E-state index in [-0.39, 0.29) is 29.6 Å². The highest BCUT2D eigenvalue weighted by Crippen LogP contribution is 2.30. The van der Waals surface area contributed by atoms with Gasteiger partial charge in [0.05, 0.1) is 17.7 Å². The number of nitrogens with zero attached hydrogens (tertiary/aromatic N) is 4. The van der Waals surface area contributed by atoms with Crippen LogP contribution < -0.4 is 10.5 Å². The number of halogens is 1. The second kappa shape index (κ2) is 11.2. The molecule has 4 aromatic rings. The number of aromatic nitrogens is 1. The van der Waals surface area contributed by atoms with E-state index in [0.29, 0.717) is 43.8 Å². The van der Waals surface area contributed by atoms with Gasteiger partial charge in [-0.1, -0.05) is 60.7 Å². The second-order valence-corrected chi connectivity index (χ2v) is 10.0. The van der Waals surface area contributed by atoms with Gasteiger partial charge < -0.3 is 23.8 Å². The lowest BCUT2D eigenvalue weighted by Gasteiger charge is -2.37. The fourth-order valence-electron chi connectivity index (χ4n) is 5.37. The van der Waals surface area contributed by atoms with Gasteiger partial charge in [-0.2, -0.15) is 5.26 Å². The SMILES string of the molecule is N#Cc1c(N2CCN(C(=O)C3=COC(Cc4ccccc4)O3)CC2)c2ccccc2n(Cc2ccc(F)cc2)c1=O. The van der Waals surface area contributed by atoms with Crippen molar-refractivity contribution >= 4 is 22.5 Å². The first-order valence-electron chi connectivity index (χ1n) is 13.4. The van der Waals surface area contributed by atoms with E-state index in [1.807, 2.05) is 59.5 Å². The number of hydrogen-bond donors (Lipinski definition) is 0. The Bertz CT molecular complexity index is 1720. The Morgan fingerprint density at radius 1 is 0.927 bits per heavy atom. The van der Waals surface area contributed by atoms with Crippen LogP contribution in [0.1, 0.15) is 16.7 Å². The summed E-state index contributed by atoms with van der Waals surface area (Å²) in [7, 11) is 0. The van der Waals surface area contributed by atoms with E-state index >= 15 is 0 Å². The zero-order chi connectivity index (χ0) is 28.3. The Kier molecular flexibility index (Phi) is 7.13. The fourth-order valence-corrected chi connectivity index (χ4v) is 5.37. The number of amides is 1. The number of pyridine rings is 1. The van der Waals surface area contributed by atoms with Crippen LogP contribution in [0, 0.1) is 17.1 Å². The summed E-state index contributed by atoms with van der Waals surface area (Å²) in [5.74, 6) is -0.432. The summed E-state index contributed by atoms with van der Waals surface area (Å²) < 4.78 is 26.4. The molecule has 0 spiro atoms. The smallest absolute Gasteiger partial charge is 0.292 e. The van der Waals surface area contributed by atoms with Crippen LogP contribution in [0.15, 0.2) is 95.7 Å². The van der Waals surface area contributed by atoms with Gasteiger partial charge in [0.2, 0.25) is 12.0 Å². The third-order valence-electron chi connectivity index (χ3n) is 7.44. The van der Waals surface area contributed by atoms with Crippen LogP contribution in [0.5, 0.6) is 0 Å². The average molecular weight is 551 g/mol. The van der Waals surface area contributed by atoms with E-state index in [2.05, 4.69) is 6.07 Å². The maximum absolute atomic E-state index is 13.6. The highest BCUT2D eigenvalue weighted by Gasteiger charge is 2.32. The number of benzene rings is 3. The molecule has 206 valence electrons. The molecule has 2 aliphatic heterocycles. The molecule has 3 heterocycles. The van der Waals surface area contributed by atoms with Crippen LogP contribution in [0.2, 0.25) is 0 Å². The molecule has 1 fully saturated rings. The molecule has 1 unspecified atom stereocenters. The zero-order valence-electron chi connectivity index (χ0n) is 22.2. The molecule has 1 atom stereocenters. The number of piperazine rings is 1. The molecular weight excluding hydrogens is 523 g/mol. The lowest BCUT2D eigenvalue weighted by Crippen LogP contribution is -2.50. The van der Waals surface area contributed by atoms with Gasteiger partial charge in [-0.3, -0.25) is 9.59 Å². The number of rotatable bonds is 6. The van der Waals surface area contributed by atoms with Crippen LogP contribution in [0.4, 0.5) is 10.1 Å². The first-order valence-corrected chi connectivity index (χ1v) is 13.4. The Labute approximate surface area is 236 Å². The van der Waals surface area contributed by atoms with Gasteiger partial charge in [0.15, 0.2) is 0 Å². The number of hydrogen-bond acceptors (Lipinski definition) is 6. The average Bonchev–Trinajstić information content (AvgIpc) is 3.48. The normalized spacial score (nSPS) is 16.6. The van der Waals surface area contributed by atoms with Gasteiger partial charge in [-0.15, -0.1) is 0 Å². The van der Waals surface area contributed by atoms with Crippen LogP contribution >= 0.6 is 0 Å². The number of para-hydroxylation sites is 1. The second-order valence-electron chi connectivity index (χ2n) is 10.0. The predicted molar refractivity (Wildman–Crippen MR) is 151 cm³/mol. The molecule has 6 rings (SSSR count). The van der Waals surface area contributed by atoms with Crippen molar-refractivity contribution in [3.8, 4) is 6.07 Å². The van der Waals surface area contributed by atoms with E-state index in [1.54, 1.807) is 21.6 Å². The summed E-state index contributed by atoms with van der Waals surface area (Å²) in [4.78, 5) is 30.5. The number of carbonyl (C=O) groups excluding carboxylic acids is 1. The number of carbonyl (C=O) groups is 1. The summed E-state index contributed by atoms with van der Waals surface area (Å²) in [6.07, 6.45) is 1.35. The molecule has 0 N–H and O–H groups in total. The molecule has 9 heteroatoms. The monoisotopic (exact) mass is 550 g/mol. The Morgan fingerprint density at radius 2 is 1.63 bits per heavy atom. The summed E-state index contributed by atoms with van der Waals surface area (Å²) in [5.41, 5.74) is 2.69. The fraction of sp³-hybridized carbons (Fsp3) is 0.219. The Morgan fingerprint density at radius 3 is 2.37 bits per heavy atom. The van der Waals surface area contributed by atoms with Crippen molar-refractivity contribution in [2.45, 2.75) is 19.3 Å². The first kappa shape index (κ1) is 26.1. The first-order chi connectivity index (χ1) is 20.0. The maximum atomic E-state index is 13.6. The lowest BCUT2D eigenvalue weighted by atomic mass is 10.1. The highest BCUT2D eigenvalue weighted by atomic mass is 19.1. The van der Waals surface area contributed by atoms with Crippen molar-refractivity contribution < 1.29 is 18.7 Å². The molecule has 0 bridgehead atoms. The van der Waals surface area contributed by atoms with Crippen LogP contribution in [0.3, 0.4) is 0 Å². The largest absolute Gasteiger partial charge is 0.458 e. The van der Waals surface area contributed by atoms with Gasteiger partial charge in [-0.05, 0) is 29.3 Å². The summed E-state index contributed by atoms with van der Waals surface area (Å²) >= 11 is 0. The molecule has 0 saturated carbocycles. The van der Waals surface area contributed by atoms with Gasteiger partial charge >= 0.3 is 0 Å². The quantitative estimate of drug-likeness (QED) is 0.358. The summed E-state index contributed by atoms with van der Waals surface area (Å²) in [5, 5.41) is 10.9. The number of fused-ring (bicyclic) bond motifs is 1. The van der Waals surface area contributed by atoms with Gasteiger partial charge in [-0.25, -0.2) is 4.39 Å². The van der Waals surface area contributed by atoms with Crippen molar-refractivity contribution in [3.63, 3.8) is 0 Å². The minimum atomic E-state index is -0.552. The van der Waals surface area contributed by atoms with Crippen LogP contribution in [-0.2, 0) is 27.2 Å².